The Morgan fingerprint density at radius 3 is 2.12 bits per heavy atom. The number of benzene rings is 2. The van der Waals surface area contributed by atoms with E-state index in [0.717, 1.165) is 22.4 Å². The number of methoxy groups -OCH3 is 1. The van der Waals surface area contributed by atoms with E-state index in [9.17, 15) is 9.90 Å². The average molecular weight is 434 g/mol. The maximum absolute atomic E-state index is 11.9. The lowest BCUT2D eigenvalue weighted by Crippen LogP contribution is -2.07. The van der Waals surface area contributed by atoms with Gasteiger partial charge < -0.3 is 19.6 Å². The van der Waals surface area contributed by atoms with Gasteiger partial charge in [0.2, 0.25) is 0 Å². The van der Waals surface area contributed by atoms with Gasteiger partial charge in [0.05, 0.1) is 7.11 Å². The monoisotopic (exact) mass is 433 g/mol. The summed E-state index contributed by atoms with van der Waals surface area (Å²) in [6.45, 7) is 9.70. The minimum absolute atomic E-state index is 0.226. The second-order valence-electron chi connectivity index (χ2n) is 6.98. The maximum atomic E-state index is 11.9. The molecule has 0 bridgehead atoms. The Kier molecular flexibility index (Phi) is 10.5. The van der Waals surface area contributed by atoms with Gasteiger partial charge in [-0.3, -0.25) is 0 Å². The Morgan fingerprint density at radius 1 is 1.06 bits per heavy atom. The average Bonchev–Trinajstić information content (AvgIpc) is 2.78. The van der Waals surface area contributed by atoms with Crippen LogP contribution < -0.4 is 4.74 Å². The number of terminal acetylenes is 1. The molecule has 32 heavy (non-hydrogen) atoms. The molecule has 5 heteroatoms. The van der Waals surface area contributed by atoms with Gasteiger partial charge in [-0.05, 0) is 93.4 Å². The van der Waals surface area contributed by atoms with Crippen molar-refractivity contribution in [2.24, 2.45) is 4.99 Å². The smallest absolute Gasteiger partial charge is 0.350 e. The Morgan fingerprint density at radius 2 is 1.66 bits per heavy atom. The summed E-state index contributed by atoms with van der Waals surface area (Å²) in [7, 11) is 2.96. The summed E-state index contributed by atoms with van der Waals surface area (Å²) in [5.41, 5.74) is 4.02. The Hall–Kier alpha value is -3.78. The van der Waals surface area contributed by atoms with Crippen LogP contribution >= 0.6 is 0 Å². The molecule has 0 unspecified atom stereocenters. The number of hydrogen-bond donors (Lipinski definition) is 1. The van der Waals surface area contributed by atoms with Crippen LogP contribution in [0.25, 0.3) is 11.3 Å². The molecular weight excluding hydrogens is 402 g/mol. The molecule has 0 aliphatic carbocycles. The third-order valence-electron chi connectivity index (χ3n) is 4.56. The molecule has 0 saturated heterocycles. The zero-order valence-corrected chi connectivity index (χ0v) is 19.8. The van der Waals surface area contributed by atoms with E-state index in [1.807, 2.05) is 58.9 Å². The number of ether oxygens (including phenoxy) is 2. The lowest BCUT2D eigenvalue weighted by atomic mass is 9.97. The van der Waals surface area contributed by atoms with Gasteiger partial charge in [-0.15, -0.1) is 6.42 Å². The van der Waals surface area contributed by atoms with Crippen LogP contribution in [0.1, 0.15) is 43.0 Å². The molecule has 1 N–H and O–H groups in total. The van der Waals surface area contributed by atoms with E-state index >= 15 is 0 Å². The first-order valence-corrected chi connectivity index (χ1v) is 10.1. The van der Waals surface area contributed by atoms with Crippen molar-refractivity contribution >= 4 is 23.5 Å². The lowest BCUT2D eigenvalue weighted by Gasteiger charge is -2.14. The molecule has 0 atom stereocenters. The van der Waals surface area contributed by atoms with Crippen molar-refractivity contribution in [1.82, 2.24) is 0 Å². The van der Waals surface area contributed by atoms with E-state index in [4.69, 9.17) is 11.2 Å². The highest BCUT2D eigenvalue weighted by Gasteiger charge is 2.19. The standard InChI is InChI=1S/C24H24O4.C3H7N/c1-7-17(5)22-14-18(28-19-12-15(3)11-16(4)13-19)9-10-21(22)23(25)20(8-2)24(26)27-6;1-3-4-2/h2,7,9-14,25H,1,3-6H3;3H,1-2H3/b17-7-,23-20-;. The summed E-state index contributed by atoms with van der Waals surface area (Å²) in [5.74, 6) is 2.48. The molecule has 168 valence electrons. The molecule has 0 heterocycles. The van der Waals surface area contributed by atoms with Crippen molar-refractivity contribution in [1.29, 1.82) is 0 Å². The van der Waals surface area contributed by atoms with Crippen LogP contribution in [-0.4, -0.2) is 31.4 Å². The third kappa shape index (κ3) is 7.17. The number of allylic oxidation sites excluding steroid dienone is 2. The summed E-state index contributed by atoms with van der Waals surface area (Å²) in [5, 5.41) is 10.6. The van der Waals surface area contributed by atoms with Crippen LogP contribution in [0.2, 0.25) is 0 Å². The van der Waals surface area contributed by atoms with E-state index in [0.29, 0.717) is 16.9 Å². The van der Waals surface area contributed by atoms with Crippen LogP contribution in [0, 0.1) is 26.2 Å². The van der Waals surface area contributed by atoms with Gasteiger partial charge in [0.25, 0.3) is 0 Å². The zero-order valence-electron chi connectivity index (χ0n) is 19.8. The van der Waals surface area contributed by atoms with Crippen molar-refractivity contribution in [3.05, 3.63) is 70.3 Å². The number of aliphatic imine (C=N–C) groups is 1. The lowest BCUT2D eigenvalue weighted by molar-refractivity contribution is -0.135. The van der Waals surface area contributed by atoms with E-state index in [2.05, 4.69) is 21.7 Å². The Labute approximate surface area is 191 Å². The molecule has 0 amide bonds. The van der Waals surface area contributed by atoms with E-state index in [1.165, 1.54) is 7.11 Å². The van der Waals surface area contributed by atoms with Gasteiger partial charge in [-0.1, -0.05) is 18.1 Å². The summed E-state index contributed by atoms with van der Waals surface area (Å²) < 4.78 is 10.7. The van der Waals surface area contributed by atoms with Gasteiger partial charge in [0.15, 0.2) is 5.57 Å². The van der Waals surface area contributed by atoms with Crippen LogP contribution in [-0.2, 0) is 9.53 Å². The molecule has 0 spiro atoms. The normalized spacial score (nSPS) is 11.8. The molecule has 0 aliphatic rings. The zero-order chi connectivity index (χ0) is 24.3. The first kappa shape index (κ1) is 26.3. The predicted molar refractivity (Wildman–Crippen MR) is 132 cm³/mol. The molecule has 0 saturated carbocycles. The number of carbonyl (C=O) groups excluding carboxylic acids is 1. The van der Waals surface area contributed by atoms with Crippen molar-refractivity contribution in [2.75, 3.05) is 14.2 Å². The fourth-order valence-electron chi connectivity index (χ4n) is 2.86. The Balaban J connectivity index is 0.00000118. The highest BCUT2D eigenvalue weighted by Crippen LogP contribution is 2.32. The summed E-state index contributed by atoms with van der Waals surface area (Å²) in [6, 6.07) is 11.2. The molecular formula is C27H31NO4. The quantitative estimate of drug-likeness (QED) is 0.197. The molecule has 0 radical (unpaired) electrons. The highest BCUT2D eigenvalue weighted by molar-refractivity contribution is 6.01. The number of aryl methyl sites for hydroxylation is 2. The summed E-state index contributed by atoms with van der Waals surface area (Å²) in [4.78, 5) is 15.5. The first-order valence-electron chi connectivity index (χ1n) is 10.1. The molecule has 0 fully saturated rings. The number of esters is 1. The molecule has 0 aliphatic heterocycles. The Bertz CT molecular complexity index is 1060. The van der Waals surface area contributed by atoms with Gasteiger partial charge in [0.1, 0.15) is 17.3 Å². The topological polar surface area (TPSA) is 68.1 Å². The van der Waals surface area contributed by atoms with E-state index in [1.54, 1.807) is 25.4 Å². The van der Waals surface area contributed by atoms with Crippen molar-refractivity contribution < 1.29 is 19.4 Å². The second kappa shape index (κ2) is 12.8. The van der Waals surface area contributed by atoms with Crippen molar-refractivity contribution in [2.45, 2.75) is 34.6 Å². The van der Waals surface area contributed by atoms with Crippen molar-refractivity contribution in [3.63, 3.8) is 0 Å². The first-order chi connectivity index (χ1) is 15.2. The van der Waals surface area contributed by atoms with Crippen molar-refractivity contribution in [3.8, 4) is 23.8 Å². The summed E-state index contributed by atoms with van der Waals surface area (Å²) in [6.07, 6.45) is 9.05. The minimum atomic E-state index is -0.764. The third-order valence-corrected chi connectivity index (χ3v) is 4.56. The second-order valence-corrected chi connectivity index (χ2v) is 6.98. The molecule has 0 aromatic heterocycles. The largest absolute Gasteiger partial charge is 0.506 e. The number of carbonyl (C=O) groups is 1. The number of aliphatic hydroxyl groups excluding tert-OH is 1. The number of aliphatic hydroxyl groups is 1. The summed E-state index contributed by atoms with van der Waals surface area (Å²) >= 11 is 0. The number of nitrogens with zero attached hydrogens (tertiary/aromatic N) is 1. The van der Waals surface area contributed by atoms with Crippen LogP contribution in [0.5, 0.6) is 11.5 Å². The number of hydrogen-bond acceptors (Lipinski definition) is 5. The SMILES string of the molecule is C#C/C(C(=O)OC)=C(/O)c1ccc(Oc2cc(C)cc(C)c2)cc1/C(C)=C\C.CC=NC. The fourth-order valence-corrected chi connectivity index (χ4v) is 2.86. The number of rotatable bonds is 5. The molecule has 2 aromatic carbocycles. The van der Waals surface area contributed by atoms with Gasteiger partial charge in [-0.2, -0.15) is 0 Å². The van der Waals surface area contributed by atoms with E-state index < -0.39 is 5.97 Å². The predicted octanol–water partition coefficient (Wildman–Crippen LogP) is 6.30. The van der Waals surface area contributed by atoms with Crippen LogP contribution in [0.4, 0.5) is 0 Å². The molecule has 5 nitrogen and oxygen atoms in total. The van der Waals surface area contributed by atoms with Gasteiger partial charge in [-0.25, -0.2) is 4.79 Å². The van der Waals surface area contributed by atoms with Gasteiger partial charge in [0, 0.05) is 12.6 Å². The van der Waals surface area contributed by atoms with Crippen LogP contribution in [0.15, 0.2) is 53.0 Å². The van der Waals surface area contributed by atoms with Crippen LogP contribution in [0.3, 0.4) is 0 Å². The highest BCUT2D eigenvalue weighted by atomic mass is 16.5. The maximum Gasteiger partial charge on any atom is 0.350 e. The minimum Gasteiger partial charge on any atom is -0.506 e. The van der Waals surface area contributed by atoms with Gasteiger partial charge >= 0.3 is 5.97 Å². The molecule has 2 rings (SSSR count). The molecule has 2 aromatic rings. The fraction of sp³-hybridized carbons (Fsp3) is 0.259. The van der Waals surface area contributed by atoms with E-state index in [-0.39, 0.29) is 11.3 Å².